The maximum Gasteiger partial charge on any atom is 0.242 e. The van der Waals surface area contributed by atoms with Gasteiger partial charge in [0.1, 0.15) is 28.8 Å². The van der Waals surface area contributed by atoms with Gasteiger partial charge in [0.05, 0.1) is 48.0 Å². The second kappa shape index (κ2) is 13.0. The number of nitrogens with zero attached hydrogens (tertiary/aromatic N) is 4. The van der Waals surface area contributed by atoms with E-state index in [2.05, 4.69) is 15.9 Å². The average molecular weight is 856 g/mol. The van der Waals surface area contributed by atoms with Gasteiger partial charge in [-0.1, -0.05) is 39.2 Å². The third-order valence-electron chi connectivity index (χ3n) is 12.4. The number of benzene rings is 3. The molecule has 2 aromatic heterocycles. The van der Waals surface area contributed by atoms with Crippen LogP contribution in [-0.2, 0) is 26.2 Å². The third-order valence-corrected chi connectivity index (χ3v) is 14.5. The topological polar surface area (TPSA) is 131 Å². The summed E-state index contributed by atoms with van der Waals surface area (Å²) in [6.07, 6.45) is 2.34. The van der Waals surface area contributed by atoms with Crippen molar-refractivity contribution in [2.24, 2.45) is 36.1 Å². The fourth-order valence-corrected chi connectivity index (χ4v) is 11.3. The van der Waals surface area contributed by atoms with E-state index in [1.807, 2.05) is 31.2 Å². The molecule has 4 amide bonds. The largest absolute Gasteiger partial charge is 0.507 e. The number of phenolic OH excluding ortho intramolecular Hbond substituents is 1. The molecule has 0 radical (unpaired) electrons. The number of aromatic nitrogens is 2. The smallest absolute Gasteiger partial charge is 0.242 e. The summed E-state index contributed by atoms with van der Waals surface area (Å²) in [5, 5.41) is 18.2. The molecule has 6 atom stereocenters. The Labute approximate surface area is 339 Å². The Hall–Kier alpha value is -4.98. The summed E-state index contributed by atoms with van der Waals surface area (Å²) in [6, 6.07) is 17.6. The minimum atomic E-state index is -1.43. The molecule has 9 rings (SSSR count). The minimum absolute atomic E-state index is 0.147. The zero-order valence-corrected chi connectivity index (χ0v) is 34.2. The highest BCUT2D eigenvalue weighted by Crippen LogP contribution is 2.66. The number of methoxy groups -OCH3 is 2. The lowest BCUT2D eigenvalue weighted by Crippen LogP contribution is -2.49. The Morgan fingerprint density at radius 2 is 1.70 bits per heavy atom. The summed E-state index contributed by atoms with van der Waals surface area (Å²) in [5.74, 6) is -4.68. The Kier molecular flexibility index (Phi) is 8.53. The first-order chi connectivity index (χ1) is 26.8. The highest BCUT2D eigenvalue weighted by molar-refractivity contribution is 9.10. The van der Waals surface area contributed by atoms with Gasteiger partial charge in [0.2, 0.25) is 23.6 Å². The van der Waals surface area contributed by atoms with Crippen molar-refractivity contribution in [2.45, 2.75) is 32.6 Å². The molecule has 0 bridgehead atoms. The number of allylic oxidation sites excluding steroid dienone is 2. The van der Waals surface area contributed by atoms with Gasteiger partial charge in [0.25, 0.3) is 0 Å². The van der Waals surface area contributed by atoms with Crippen LogP contribution in [0.2, 0.25) is 5.02 Å². The molecule has 4 aliphatic rings. The predicted molar refractivity (Wildman–Crippen MR) is 216 cm³/mol. The molecular formula is C42H36BrClN4O7S. The number of hydrogen-bond acceptors (Lipinski definition) is 9. The summed E-state index contributed by atoms with van der Waals surface area (Å²) in [6.45, 7) is 3.76. The molecular weight excluding hydrogens is 820 g/mol. The second-order valence-electron chi connectivity index (χ2n) is 15.1. The number of rotatable bonds is 6. The molecule has 3 fully saturated rings. The molecule has 5 aromatic rings. The number of carbonyl (C=O) groups excluding carboxylic acids is 4. The quantitative estimate of drug-likeness (QED) is 0.134. The number of amides is 4. The van der Waals surface area contributed by atoms with Gasteiger partial charge in [-0.3, -0.25) is 28.8 Å². The van der Waals surface area contributed by atoms with Crippen molar-refractivity contribution >= 4 is 84.1 Å². The van der Waals surface area contributed by atoms with Crippen LogP contribution in [0.4, 0.5) is 11.5 Å². The van der Waals surface area contributed by atoms with E-state index in [0.717, 1.165) is 30.6 Å². The van der Waals surface area contributed by atoms with E-state index in [1.165, 1.54) is 30.1 Å². The average Bonchev–Trinajstić information content (AvgIpc) is 3.85. The molecule has 14 heteroatoms. The van der Waals surface area contributed by atoms with E-state index >= 15 is 4.79 Å². The summed E-state index contributed by atoms with van der Waals surface area (Å²) in [4.78, 5) is 62.1. The number of fused-ring (bicyclic) bond motifs is 5. The van der Waals surface area contributed by atoms with E-state index in [-0.39, 0.29) is 36.2 Å². The highest BCUT2D eigenvalue weighted by atomic mass is 79.9. The zero-order chi connectivity index (χ0) is 39.5. The van der Waals surface area contributed by atoms with Crippen LogP contribution in [0.15, 0.2) is 76.8 Å². The third kappa shape index (κ3) is 5.09. The molecule has 0 spiro atoms. The first kappa shape index (κ1) is 36.6. The minimum Gasteiger partial charge on any atom is -0.507 e. The van der Waals surface area contributed by atoms with Crippen LogP contribution in [0.1, 0.15) is 36.8 Å². The predicted octanol–water partition coefficient (Wildman–Crippen LogP) is 8.18. The number of thiophene rings is 1. The van der Waals surface area contributed by atoms with Gasteiger partial charge in [0, 0.05) is 50.9 Å². The lowest BCUT2D eigenvalue weighted by molar-refractivity contribution is -0.131. The lowest BCUT2D eigenvalue weighted by atomic mass is 9.51. The number of ether oxygens (including phenoxy) is 2. The molecule has 4 heterocycles. The number of halogens is 2. The first-order valence-electron chi connectivity index (χ1n) is 18.2. The van der Waals surface area contributed by atoms with Gasteiger partial charge < -0.3 is 14.6 Å². The van der Waals surface area contributed by atoms with Crippen molar-refractivity contribution in [2.75, 3.05) is 24.0 Å². The van der Waals surface area contributed by atoms with Gasteiger partial charge in [-0.25, -0.2) is 4.90 Å². The van der Waals surface area contributed by atoms with Crippen LogP contribution < -0.4 is 19.3 Å². The standard InChI is InChI=1S/C42H36BrClN4O7S/c1-19-26-14-21(44)8-13-32(26)56-37(19)29-18-33(46(3)45-29)48-39(51)28-17-27-24(11-12-25-34(27)40(52)47(38(25)50)22-9-6-20(43)7-10-22)36(42(28,2)41(48)53)35-30(49)15-23(54-4)16-31(35)55-5/h6-11,13-16,18,25,27-28,34,36,49H,12,17H2,1-5H3. The number of hydrogen-bond donors (Lipinski definition) is 1. The van der Waals surface area contributed by atoms with E-state index in [9.17, 15) is 19.5 Å². The van der Waals surface area contributed by atoms with Gasteiger partial charge in [-0.05, 0) is 86.0 Å². The van der Waals surface area contributed by atoms with E-state index in [1.54, 1.807) is 66.4 Å². The normalized spacial score (nSPS) is 25.8. The first-order valence-corrected chi connectivity index (χ1v) is 20.2. The van der Waals surface area contributed by atoms with Crippen molar-refractivity contribution < 1.29 is 33.8 Å². The van der Waals surface area contributed by atoms with Crippen LogP contribution in [0.25, 0.3) is 20.7 Å². The number of aryl methyl sites for hydroxylation is 2. The summed E-state index contributed by atoms with van der Waals surface area (Å²) < 4.78 is 14.7. The molecule has 1 saturated carbocycles. The van der Waals surface area contributed by atoms with Crippen molar-refractivity contribution in [3.63, 3.8) is 0 Å². The Balaban J connectivity index is 1.18. The summed E-state index contributed by atoms with van der Waals surface area (Å²) in [7, 11) is 4.64. The molecule has 286 valence electrons. The maximum absolute atomic E-state index is 15.3. The SMILES string of the molecule is COc1cc(O)c(C2C3=CCC4C(=O)N(c5ccc(Br)cc5)C(=O)C4C3CC3C(=O)N(c4cc(-c5sc6ccc(Cl)cc6c5C)nn4C)C(=O)C32C)c(OC)c1. The van der Waals surface area contributed by atoms with Crippen LogP contribution >= 0.6 is 38.9 Å². The Bertz CT molecular complexity index is 2580. The summed E-state index contributed by atoms with van der Waals surface area (Å²) >= 11 is 11.3. The van der Waals surface area contributed by atoms with Gasteiger partial charge in [-0.15, -0.1) is 11.3 Å². The number of carbonyl (C=O) groups is 4. The number of phenols is 1. The summed E-state index contributed by atoms with van der Waals surface area (Å²) in [5.41, 5.74) is 1.65. The fourth-order valence-electron chi connectivity index (χ4n) is 9.77. The molecule has 2 aliphatic carbocycles. The highest BCUT2D eigenvalue weighted by Gasteiger charge is 2.68. The van der Waals surface area contributed by atoms with Gasteiger partial charge in [-0.2, -0.15) is 5.10 Å². The fraction of sp³-hybridized carbons (Fsp3) is 0.310. The van der Waals surface area contributed by atoms with E-state index in [0.29, 0.717) is 33.5 Å². The number of anilines is 2. The molecule has 3 aromatic carbocycles. The molecule has 2 aliphatic heterocycles. The Morgan fingerprint density at radius 3 is 2.41 bits per heavy atom. The maximum atomic E-state index is 15.3. The van der Waals surface area contributed by atoms with Crippen LogP contribution in [0.3, 0.4) is 0 Å². The lowest BCUT2D eigenvalue weighted by Gasteiger charge is -2.49. The van der Waals surface area contributed by atoms with E-state index in [4.69, 9.17) is 26.2 Å². The van der Waals surface area contributed by atoms with Crippen molar-refractivity contribution in [1.82, 2.24) is 9.78 Å². The number of imide groups is 2. The monoisotopic (exact) mass is 854 g/mol. The van der Waals surface area contributed by atoms with Crippen molar-refractivity contribution in [1.29, 1.82) is 0 Å². The zero-order valence-electron chi connectivity index (χ0n) is 31.0. The van der Waals surface area contributed by atoms with E-state index < -0.39 is 46.8 Å². The van der Waals surface area contributed by atoms with Crippen LogP contribution in [-0.4, -0.2) is 52.7 Å². The van der Waals surface area contributed by atoms with Crippen LogP contribution in [0, 0.1) is 36.0 Å². The molecule has 6 unspecified atom stereocenters. The van der Waals surface area contributed by atoms with Gasteiger partial charge in [0.15, 0.2) is 0 Å². The molecule has 11 nitrogen and oxygen atoms in total. The molecule has 1 N–H and O–H groups in total. The van der Waals surface area contributed by atoms with Crippen LogP contribution in [0.5, 0.6) is 17.2 Å². The Morgan fingerprint density at radius 1 is 0.946 bits per heavy atom. The van der Waals surface area contributed by atoms with Crippen molar-refractivity contribution in [3.05, 3.63) is 92.9 Å². The van der Waals surface area contributed by atoms with Crippen molar-refractivity contribution in [3.8, 4) is 27.8 Å². The molecule has 2 saturated heterocycles. The van der Waals surface area contributed by atoms with Gasteiger partial charge >= 0.3 is 0 Å². The second-order valence-corrected chi connectivity index (χ2v) is 17.5. The number of aromatic hydroxyl groups is 1. The molecule has 56 heavy (non-hydrogen) atoms.